The van der Waals surface area contributed by atoms with Gasteiger partial charge in [-0.3, -0.25) is 0 Å². The monoisotopic (exact) mass is 599 g/mol. The number of ether oxygens (including phenoxy) is 4. The van der Waals surface area contributed by atoms with E-state index in [4.69, 9.17) is 35.7 Å². The van der Waals surface area contributed by atoms with Crippen molar-refractivity contribution in [3.8, 4) is 17.4 Å². The average molecular weight is 600 g/mol. The summed E-state index contributed by atoms with van der Waals surface area (Å²) in [7, 11) is -4.13. The first-order valence-electron chi connectivity index (χ1n) is 11.6. The Kier molecular flexibility index (Phi) is 12.5. The van der Waals surface area contributed by atoms with E-state index in [1.54, 1.807) is 30.7 Å². The van der Waals surface area contributed by atoms with Crippen LogP contribution in [0.5, 0.6) is 17.4 Å². The van der Waals surface area contributed by atoms with Crippen molar-refractivity contribution in [2.45, 2.75) is 39.0 Å². The summed E-state index contributed by atoms with van der Waals surface area (Å²) in [5, 5.41) is 8.61. The van der Waals surface area contributed by atoms with Crippen LogP contribution in [0.2, 0.25) is 5.02 Å². The molecule has 3 N–H and O–H groups in total. The minimum atomic E-state index is -4.64. The number of carbonyl (C=O) groups excluding carboxylic acids is 1. The molecule has 0 aliphatic rings. The van der Waals surface area contributed by atoms with E-state index in [9.17, 15) is 26.4 Å². The van der Waals surface area contributed by atoms with Gasteiger partial charge in [0.25, 0.3) is 0 Å². The van der Waals surface area contributed by atoms with Crippen LogP contribution in [-0.4, -0.2) is 63.7 Å². The van der Waals surface area contributed by atoms with Crippen molar-refractivity contribution in [1.82, 2.24) is 14.4 Å². The molecule has 16 heteroatoms. The van der Waals surface area contributed by atoms with Gasteiger partial charge in [0.1, 0.15) is 23.1 Å². The summed E-state index contributed by atoms with van der Waals surface area (Å²) >= 11 is 5.95. The highest BCUT2D eigenvalue weighted by molar-refractivity contribution is 7.88. The number of amides is 1. The molecule has 0 fully saturated rings. The zero-order valence-corrected chi connectivity index (χ0v) is 22.7. The Labute approximate surface area is 228 Å². The molecule has 0 unspecified atom stereocenters. The third kappa shape index (κ3) is 11.8. The Morgan fingerprint density at radius 2 is 1.92 bits per heavy atom. The Morgan fingerprint density at radius 1 is 1.18 bits per heavy atom. The number of aryl methyl sites for hydroxylation is 1. The summed E-state index contributed by atoms with van der Waals surface area (Å²) in [5.41, 5.74) is -0.510. The second-order valence-electron chi connectivity index (χ2n) is 8.11. The number of hydrogen-bond acceptors (Lipinski definition) is 9. The summed E-state index contributed by atoms with van der Waals surface area (Å²) in [6.45, 7) is 3.23. The van der Waals surface area contributed by atoms with Gasteiger partial charge < -0.3 is 24.1 Å². The number of aliphatic hydroxyl groups is 1. The number of alkyl halides is 3. The van der Waals surface area contributed by atoms with Crippen LogP contribution < -0.4 is 18.9 Å². The molecule has 1 aromatic heterocycles. The van der Waals surface area contributed by atoms with Gasteiger partial charge in [-0.05, 0) is 44.4 Å². The highest BCUT2D eigenvalue weighted by Gasteiger charge is 2.32. The second kappa shape index (κ2) is 15.1. The number of aliphatic hydroxyl groups excluding tert-OH is 1. The zero-order chi connectivity index (χ0) is 29.1. The average Bonchev–Trinajstić information content (AvgIpc) is 2.84. The largest absolute Gasteiger partial charge is 0.491 e. The minimum absolute atomic E-state index is 0.0104. The van der Waals surface area contributed by atoms with Crippen LogP contribution in [0.15, 0.2) is 30.5 Å². The van der Waals surface area contributed by atoms with Gasteiger partial charge in [0.2, 0.25) is 5.88 Å². The molecular weight excluding hydrogens is 571 g/mol. The van der Waals surface area contributed by atoms with Crippen LogP contribution in [0.1, 0.15) is 31.4 Å². The van der Waals surface area contributed by atoms with Gasteiger partial charge in [-0.25, -0.2) is 14.5 Å². The predicted octanol–water partition coefficient (Wildman–Crippen LogP) is 3.84. The van der Waals surface area contributed by atoms with Gasteiger partial charge in [-0.2, -0.15) is 26.3 Å². The van der Waals surface area contributed by atoms with Crippen molar-refractivity contribution in [2.75, 3.05) is 33.0 Å². The lowest BCUT2D eigenvalue weighted by Crippen LogP contribution is -2.42. The number of nitrogens with zero attached hydrogens (tertiary/aromatic N) is 1. The number of pyridine rings is 1. The van der Waals surface area contributed by atoms with Crippen molar-refractivity contribution < 1.29 is 50.4 Å². The fourth-order valence-corrected chi connectivity index (χ4v) is 3.83. The first kappa shape index (κ1) is 32.4. The number of nitrogens with one attached hydrogen (secondary N) is 2. The highest BCUT2D eigenvalue weighted by atomic mass is 35.5. The molecule has 2 aromatic rings. The molecule has 0 saturated carbocycles. The second-order valence-corrected chi connectivity index (χ2v) is 10.0. The molecule has 218 valence electrons. The van der Waals surface area contributed by atoms with Gasteiger partial charge in [0.05, 0.1) is 31.5 Å². The zero-order valence-electron chi connectivity index (χ0n) is 21.1. The van der Waals surface area contributed by atoms with E-state index in [-0.39, 0.29) is 68.6 Å². The first-order valence-corrected chi connectivity index (χ1v) is 13.5. The number of aromatic nitrogens is 1. The Balaban J connectivity index is 1.99. The van der Waals surface area contributed by atoms with Crippen molar-refractivity contribution >= 4 is 27.9 Å². The molecule has 1 heterocycles. The van der Waals surface area contributed by atoms with E-state index >= 15 is 0 Å². The molecule has 0 spiro atoms. The van der Waals surface area contributed by atoms with Gasteiger partial charge in [0, 0.05) is 18.8 Å². The van der Waals surface area contributed by atoms with Crippen molar-refractivity contribution in [2.24, 2.45) is 0 Å². The molecule has 2 rings (SSSR count). The summed E-state index contributed by atoms with van der Waals surface area (Å²) in [6, 6.07) is 5.31. The molecule has 0 saturated heterocycles. The van der Waals surface area contributed by atoms with Crippen molar-refractivity contribution in [3.05, 3.63) is 46.6 Å². The molecule has 11 nitrogen and oxygen atoms in total. The first-order chi connectivity index (χ1) is 18.3. The molecule has 0 radical (unpaired) electrons. The van der Waals surface area contributed by atoms with Crippen molar-refractivity contribution in [1.29, 1.82) is 0 Å². The molecule has 1 amide bonds. The lowest BCUT2D eigenvalue weighted by atomic mass is 10.1. The standard InChI is InChI=1S/C23H29ClF3N3O8S/c1-15(2)35-10-7-29-39(33,34)30-22(32)37-9-3-4-16-5-6-18(36-11-8-31)13-20(16)38-21-19(24)12-17(14-28-21)23(25,26)27/h5-6,12-15,29,31H,3-4,7-11H2,1-2H3,(H,30,32). The van der Waals surface area contributed by atoms with E-state index in [0.29, 0.717) is 23.6 Å². The Hall–Kier alpha value is -2.85. The predicted molar refractivity (Wildman–Crippen MR) is 134 cm³/mol. The van der Waals surface area contributed by atoms with E-state index in [0.717, 1.165) is 0 Å². The van der Waals surface area contributed by atoms with E-state index in [1.807, 2.05) is 0 Å². The van der Waals surface area contributed by atoms with E-state index < -0.39 is 28.0 Å². The molecule has 0 bridgehead atoms. The molecule has 1 aromatic carbocycles. The molecule has 39 heavy (non-hydrogen) atoms. The third-order valence-corrected chi connectivity index (χ3v) is 5.92. The van der Waals surface area contributed by atoms with Gasteiger partial charge in [-0.15, -0.1) is 0 Å². The van der Waals surface area contributed by atoms with Crippen LogP contribution in [0.25, 0.3) is 0 Å². The summed E-state index contributed by atoms with van der Waals surface area (Å²) < 4.78 is 87.5. The number of benzene rings is 1. The van der Waals surface area contributed by atoms with Gasteiger partial charge >= 0.3 is 22.5 Å². The number of carbonyl (C=O) groups is 1. The number of halogens is 4. The van der Waals surface area contributed by atoms with Crippen LogP contribution in [0.4, 0.5) is 18.0 Å². The fraction of sp³-hybridized carbons (Fsp3) is 0.478. The maximum atomic E-state index is 12.9. The highest BCUT2D eigenvalue weighted by Crippen LogP contribution is 2.36. The molecule has 0 aliphatic heterocycles. The number of hydrogen-bond donors (Lipinski definition) is 3. The van der Waals surface area contributed by atoms with Gasteiger partial charge in [-0.1, -0.05) is 17.7 Å². The van der Waals surface area contributed by atoms with Crippen molar-refractivity contribution in [3.63, 3.8) is 0 Å². The lowest BCUT2D eigenvalue weighted by Gasteiger charge is -2.15. The molecule has 0 aliphatic carbocycles. The summed E-state index contributed by atoms with van der Waals surface area (Å²) in [6.07, 6.45) is -4.84. The van der Waals surface area contributed by atoms with Crippen LogP contribution in [0, 0.1) is 0 Å². The quantitative estimate of drug-likeness (QED) is 0.260. The molecular formula is C23H29ClF3N3O8S. The lowest BCUT2D eigenvalue weighted by molar-refractivity contribution is -0.137. The summed E-state index contributed by atoms with van der Waals surface area (Å²) in [4.78, 5) is 15.5. The minimum Gasteiger partial charge on any atom is -0.491 e. The Morgan fingerprint density at radius 3 is 2.56 bits per heavy atom. The SMILES string of the molecule is CC(C)OCCNS(=O)(=O)NC(=O)OCCCc1ccc(OCCO)cc1Oc1ncc(C(F)(F)F)cc1Cl. The fourth-order valence-electron chi connectivity index (χ4n) is 2.92. The maximum Gasteiger partial charge on any atom is 0.421 e. The van der Waals surface area contributed by atoms with Gasteiger partial charge in [0.15, 0.2) is 0 Å². The summed E-state index contributed by atoms with van der Waals surface area (Å²) in [5.74, 6) is 0.176. The third-order valence-electron chi connectivity index (χ3n) is 4.63. The van der Waals surface area contributed by atoms with Crippen LogP contribution in [-0.2, 0) is 32.3 Å². The normalized spacial score (nSPS) is 11.9. The van der Waals surface area contributed by atoms with Crippen LogP contribution >= 0.6 is 11.6 Å². The van der Waals surface area contributed by atoms with Crippen LogP contribution in [0.3, 0.4) is 0 Å². The van der Waals surface area contributed by atoms with E-state index in [2.05, 4.69) is 9.71 Å². The number of rotatable bonds is 15. The Bertz CT molecular complexity index is 1200. The molecule has 0 atom stereocenters. The maximum absolute atomic E-state index is 12.9. The topological polar surface area (TPSA) is 145 Å². The smallest absolute Gasteiger partial charge is 0.421 e. The van der Waals surface area contributed by atoms with E-state index in [1.165, 1.54) is 6.07 Å².